The molecule has 2 aromatic carbocycles. The largest absolute Gasteiger partial charge is 0.507 e. The molecule has 0 aliphatic carbocycles. The summed E-state index contributed by atoms with van der Waals surface area (Å²) in [5.74, 6) is 0.382. The fraction of sp³-hybridized carbons (Fsp3) is 0.429. The van der Waals surface area contributed by atoms with Gasteiger partial charge in [-0.05, 0) is 35.9 Å². The van der Waals surface area contributed by atoms with E-state index < -0.39 is 17.7 Å². The summed E-state index contributed by atoms with van der Waals surface area (Å²) in [5, 5.41) is 11.5. The molecule has 2 aromatic rings. The Morgan fingerprint density at radius 1 is 0.949 bits per heavy atom. The van der Waals surface area contributed by atoms with Crippen LogP contribution in [0.1, 0.15) is 17.2 Å². The second-order valence-electron chi connectivity index (χ2n) is 9.42. The molecule has 0 aromatic heterocycles. The van der Waals surface area contributed by atoms with Gasteiger partial charge < -0.3 is 43.3 Å². The van der Waals surface area contributed by atoms with E-state index in [0.717, 1.165) is 13.1 Å². The third-order valence-electron chi connectivity index (χ3n) is 7.26. The first-order valence-corrected chi connectivity index (χ1v) is 12.9. The molecule has 0 bridgehead atoms. The molecule has 5 rings (SSSR count). The second kappa shape index (κ2) is 11.4. The number of morpholine rings is 1. The maximum absolute atomic E-state index is 13.5. The maximum Gasteiger partial charge on any atom is 0.295 e. The number of carbonyl (C=O) groups is 2. The van der Waals surface area contributed by atoms with Gasteiger partial charge in [-0.2, -0.15) is 0 Å². The van der Waals surface area contributed by atoms with Crippen molar-refractivity contribution >= 4 is 17.4 Å². The number of ether oxygens (including phenoxy) is 6. The van der Waals surface area contributed by atoms with E-state index in [1.165, 1.54) is 31.1 Å². The van der Waals surface area contributed by atoms with Crippen molar-refractivity contribution in [2.45, 2.75) is 6.04 Å². The summed E-state index contributed by atoms with van der Waals surface area (Å²) in [6.45, 7) is 4.65. The number of likely N-dealkylation sites (tertiary alicyclic amines) is 1. The van der Waals surface area contributed by atoms with Crippen molar-refractivity contribution in [2.24, 2.45) is 0 Å². The molecule has 1 atom stereocenters. The Kier molecular flexibility index (Phi) is 7.80. The van der Waals surface area contributed by atoms with Gasteiger partial charge in [0, 0.05) is 5.56 Å². The number of hydrogen-bond acceptors (Lipinski definition) is 9. The number of hydrogen-bond donors (Lipinski definition) is 2. The molecule has 0 unspecified atom stereocenters. The van der Waals surface area contributed by atoms with Crippen LogP contribution in [0.3, 0.4) is 0 Å². The molecule has 2 N–H and O–H groups in total. The number of methoxy groups -OCH3 is 3. The third kappa shape index (κ3) is 5.07. The zero-order valence-corrected chi connectivity index (χ0v) is 22.3. The topological polar surface area (TPSA) is 117 Å². The summed E-state index contributed by atoms with van der Waals surface area (Å²) >= 11 is 0. The predicted octanol–water partition coefficient (Wildman–Crippen LogP) is 0.820. The number of aliphatic hydroxyl groups excluding tert-OH is 1. The quantitative estimate of drug-likeness (QED) is 0.285. The average molecular weight is 542 g/mol. The molecule has 0 spiro atoms. The Morgan fingerprint density at radius 2 is 1.62 bits per heavy atom. The van der Waals surface area contributed by atoms with Crippen LogP contribution in [-0.2, 0) is 14.3 Å². The van der Waals surface area contributed by atoms with Crippen LogP contribution in [0.2, 0.25) is 0 Å². The molecule has 39 heavy (non-hydrogen) atoms. The molecular formula is C28H33N2O9+. The molecule has 3 heterocycles. The molecule has 11 nitrogen and oxygen atoms in total. The number of nitrogens with one attached hydrogen (secondary N) is 1. The van der Waals surface area contributed by atoms with E-state index in [1.54, 1.807) is 30.3 Å². The molecule has 11 heteroatoms. The van der Waals surface area contributed by atoms with Crippen LogP contribution in [0, 0.1) is 0 Å². The van der Waals surface area contributed by atoms with E-state index in [4.69, 9.17) is 28.4 Å². The molecule has 208 valence electrons. The first-order valence-electron chi connectivity index (χ1n) is 12.9. The Balaban J connectivity index is 1.61. The van der Waals surface area contributed by atoms with Crippen LogP contribution in [0.4, 0.5) is 0 Å². The summed E-state index contributed by atoms with van der Waals surface area (Å²) < 4.78 is 33.3. The summed E-state index contributed by atoms with van der Waals surface area (Å²) in [6.07, 6.45) is 0. The number of benzene rings is 2. The molecule has 1 amide bonds. The van der Waals surface area contributed by atoms with E-state index in [2.05, 4.69) is 0 Å². The van der Waals surface area contributed by atoms with Gasteiger partial charge in [0.2, 0.25) is 5.75 Å². The predicted molar refractivity (Wildman–Crippen MR) is 139 cm³/mol. The minimum atomic E-state index is -0.882. The van der Waals surface area contributed by atoms with Gasteiger partial charge in [0.1, 0.15) is 32.1 Å². The number of ketones is 1. The van der Waals surface area contributed by atoms with Crippen LogP contribution in [-0.4, -0.2) is 95.6 Å². The van der Waals surface area contributed by atoms with E-state index in [9.17, 15) is 14.7 Å². The lowest BCUT2D eigenvalue weighted by Gasteiger charge is -2.29. The molecule has 2 fully saturated rings. The third-order valence-corrected chi connectivity index (χ3v) is 7.26. The van der Waals surface area contributed by atoms with Gasteiger partial charge in [0.05, 0.1) is 59.2 Å². The number of carbonyl (C=O) groups excluding carboxylic acids is 2. The minimum absolute atomic E-state index is 0.0251. The van der Waals surface area contributed by atoms with Crippen LogP contribution >= 0.6 is 0 Å². The normalized spacial score (nSPS) is 20.7. The Bertz CT molecular complexity index is 1260. The number of nitrogens with zero attached hydrogens (tertiary/aromatic N) is 1. The zero-order chi connectivity index (χ0) is 27.5. The average Bonchev–Trinajstić information content (AvgIpc) is 3.24. The molecule has 2 saturated heterocycles. The van der Waals surface area contributed by atoms with Gasteiger partial charge in [-0.25, -0.2) is 0 Å². The Labute approximate surface area is 226 Å². The van der Waals surface area contributed by atoms with Crippen molar-refractivity contribution in [3.8, 4) is 28.7 Å². The first-order chi connectivity index (χ1) is 19.0. The van der Waals surface area contributed by atoms with Crippen molar-refractivity contribution in [3.05, 3.63) is 47.0 Å². The van der Waals surface area contributed by atoms with Crippen LogP contribution in [0.15, 0.2) is 35.9 Å². The van der Waals surface area contributed by atoms with Crippen molar-refractivity contribution in [1.29, 1.82) is 0 Å². The number of quaternary nitrogens is 1. The van der Waals surface area contributed by atoms with Crippen LogP contribution < -0.4 is 28.6 Å². The highest BCUT2D eigenvalue weighted by atomic mass is 16.6. The van der Waals surface area contributed by atoms with Gasteiger partial charge >= 0.3 is 0 Å². The van der Waals surface area contributed by atoms with Gasteiger partial charge in [0.15, 0.2) is 23.0 Å². The van der Waals surface area contributed by atoms with Crippen LogP contribution in [0.25, 0.3) is 5.76 Å². The van der Waals surface area contributed by atoms with E-state index in [1.807, 2.05) is 0 Å². The summed E-state index contributed by atoms with van der Waals surface area (Å²) in [4.78, 5) is 29.7. The highest BCUT2D eigenvalue weighted by molar-refractivity contribution is 6.46. The second-order valence-corrected chi connectivity index (χ2v) is 9.42. The number of Topliss-reactive ketones (excluding diaryl/α,β-unsaturated/α-hetero) is 1. The van der Waals surface area contributed by atoms with Crippen molar-refractivity contribution in [2.75, 3.05) is 73.9 Å². The van der Waals surface area contributed by atoms with E-state index >= 15 is 0 Å². The fourth-order valence-corrected chi connectivity index (χ4v) is 5.25. The standard InChI is InChI=1S/C28H32N2O9/c1-34-21-15-18(16-22(35-2)27(21)36-3)24-23(25(31)17-4-5-19-20(14-17)39-13-12-38-19)26(32)28(33)30(24)7-6-29-8-10-37-11-9-29/h4-5,14-16,24,31H,6-13H2,1-3H3/p+1/t24-/m0/s1. The minimum Gasteiger partial charge on any atom is -0.507 e. The van der Waals surface area contributed by atoms with E-state index in [0.29, 0.717) is 79.4 Å². The molecule has 3 aliphatic heterocycles. The molecule has 0 saturated carbocycles. The highest BCUT2D eigenvalue weighted by Gasteiger charge is 2.47. The Morgan fingerprint density at radius 3 is 2.26 bits per heavy atom. The monoisotopic (exact) mass is 541 g/mol. The SMILES string of the molecule is COc1cc([C@H]2C(=C(O)c3ccc4c(c3)OCCO4)C(=O)C(=O)N2CC[NH+]2CCOCC2)cc(OC)c1OC. The highest BCUT2D eigenvalue weighted by Crippen LogP contribution is 2.46. The van der Waals surface area contributed by atoms with Gasteiger partial charge in [0.25, 0.3) is 11.7 Å². The number of aliphatic hydroxyl groups is 1. The summed E-state index contributed by atoms with van der Waals surface area (Å²) in [5.41, 5.74) is 0.858. The lowest BCUT2D eigenvalue weighted by Crippen LogP contribution is -3.14. The zero-order valence-electron chi connectivity index (χ0n) is 22.3. The van der Waals surface area contributed by atoms with Crippen molar-refractivity contribution in [1.82, 2.24) is 4.90 Å². The molecule has 3 aliphatic rings. The van der Waals surface area contributed by atoms with Crippen LogP contribution in [0.5, 0.6) is 28.7 Å². The first kappa shape index (κ1) is 26.6. The Hall–Kier alpha value is -3.96. The molecule has 0 radical (unpaired) electrons. The van der Waals surface area contributed by atoms with E-state index in [-0.39, 0.29) is 11.3 Å². The van der Waals surface area contributed by atoms with Crippen molar-refractivity contribution in [3.63, 3.8) is 0 Å². The summed E-state index contributed by atoms with van der Waals surface area (Å²) in [6, 6.07) is 7.44. The van der Waals surface area contributed by atoms with Gasteiger partial charge in [-0.15, -0.1) is 0 Å². The molecular weight excluding hydrogens is 508 g/mol. The smallest absolute Gasteiger partial charge is 0.295 e. The lowest BCUT2D eigenvalue weighted by atomic mass is 9.94. The fourth-order valence-electron chi connectivity index (χ4n) is 5.25. The maximum atomic E-state index is 13.5. The van der Waals surface area contributed by atoms with Crippen molar-refractivity contribution < 1.29 is 48.0 Å². The lowest BCUT2D eigenvalue weighted by molar-refractivity contribution is -0.907. The van der Waals surface area contributed by atoms with Gasteiger partial charge in [-0.1, -0.05) is 0 Å². The summed E-state index contributed by atoms with van der Waals surface area (Å²) in [7, 11) is 4.49. The number of fused-ring (bicyclic) bond motifs is 1. The number of amides is 1. The number of rotatable bonds is 8. The van der Waals surface area contributed by atoms with Gasteiger partial charge in [-0.3, -0.25) is 9.59 Å².